The lowest BCUT2D eigenvalue weighted by molar-refractivity contribution is -0.0508. The molecule has 1 aliphatic rings. The van der Waals surface area contributed by atoms with E-state index in [-0.39, 0.29) is 5.82 Å². The van der Waals surface area contributed by atoms with Crippen LogP contribution in [0.15, 0.2) is 12.7 Å². The number of fused-ring (bicyclic) bond motifs is 1. The Hall–Kier alpha value is -1.81. The van der Waals surface area contributed by atoms with Crippen molar-refractivity contribution in [1.82, 2.24) is 19.5 Å². The first-order valence-corrected chi connectivity index (χ1v) is 5.69. The largest absolute Gasteiger partial charge is 0.394 e. The normalized spacial score (nSPS) is 31.1. The molecule has 0 amide bonds. The zero-order valence-electron chi connectivity index (χ0n) is 9.79. The number of hydrogen-bond donors (Lipinski definition) is 4. The molecule has 5 N–H and O–H groups in total. The van der Waals surface area contributed by atoms with Crippen LogP contribution in [-0.2, 0) is 4.74 Å². The van der Waals surface area contributed by atoms with Crippen molar-refractivity contribution in [3.63, 3.8) is 0 Å². The molecule has 3 heterocycles. The van der Waals surface area contributed by atoms with Gasteiger partial charge >= 0.3 is 0 Å². The van der Waals surface area contributed by atoms with E-state index in [4.69, 9.17) is 15.6 Å². The molecular weight excluding hydrogens is 254 g/mol. The van der Waals surface area contributed by atoms with Gasteiger partial charge in [0.2, 0.25) is 0 Å². The van der Waals surface area contributed by atoms with Gasteiger partial charge in [0.15, 0.2) is 17.7 Å². The van der Waals surface area contributed by atoms with Crippen LogP contribution in [0, 0.1) is 0 Å². The fourth-order valence-electron chi connectivity index (χ4n) is 2.20. The third-order valence-electron chi connectivity index (χ3n) is 3.19. The van der Waals surface area contributed by atoms with Crippen molar-refractivity contribution in [1.29, 1.82) is 0 Å². The Morgan fingerprint density at radius 2 is 2.05 bits per heavy atom. The number of aliphatic hydroxyl groups excluding tert-OH is 3. The number of aromatic nitrogens is 4. The third kappa shape index (κ3) is 1.75. The topological polar surface area (TPSA) is 140 Å². The van der Waals surface area contributed by atoms with E-state index in [1.54, 1.807) is 0 Å². The minimum Gasteiger partial charge on any atom is -0.394 e. The Morgan fingerprint density at radius 1 is 1.26 bits per heavy atom. The minimum absolute atomic E-state index is 0.195. The molecule has 0 bridgehead atoms. The molecule has 0 aromatic carbocycles. The van der Waals surface area contributed by atoms with Crippen molar-refractivity contribution in [2.45, 2.75) is 24.5 Å². The Kier molecular flexibility index (Phi) is 2.82. The molecule has 0 spiro atoms. The lowest BCUT2D eigenvalue weighted by Crippen LogP contribution is -2.33. The van der Waals surface area contributed by atoms with Crippen LogP contribution in [0.3, 0.4) is 0 Å². The number of nitrogens with zero attached hydrogens (tertiary/aromatic N) is 4. The van der Waals surface area contributed by atoms with E-state index in [0.717, 1.165) is 0 Å². The number of imidazole rings is 1. The predicted molar refractivity (Wildman–Crippen MR) is 62.7 cm³/mol. The summed E-state index contributed by atoms with van der Waals surface area (Å²) in [6.45, 7) is -0.395. The van der Waals surface area contributed by atoms with E-state index in [9.17, 15) is 10.2 Å². The van der Waals surface area contributed by atoms with E-state index in [1.807, 2.05) is 0 Å². The van der Waals surface area contributed by atoms with Gasteiger partial charge in [-0.2, -0.15) is 0 Å². The zero-order chi connectivity index (χ0) is 13.6. The summed E-state index contributed by atoms with van der Waals surface area (Å²) in [7, 11) is 0. The molecule has 0 aliphatic carbocycles. The highest BCUT2D eigenvalue weighted by Crippen LogP contribution is 2.32. The quantitative estimate of drug-likeness (QED) is 0.491. The summed E-state index contributed by atoms with van der Waals surface area (Å²) in [6.07, 6.45) is -1.45. The number of hydrogen-bond acceptors (Lipinski definition) is 8. The molecule has 3 rings (SSSR count). The molecule has 0 unspecified atom stereocenters. The van der Waals surface area contributed by atoms with E-state index >= 15 is 0 Å². The van der Waals surface area contributed by atoms with Gasteiger partial charge in [-0.15, -0.1) is 0 Å². The van der Waals surface area contributed by atoms with Crippen molar-refractivity contribution in [2.75, 3.05) is 12.3 Å². The molecule has 9 nitrogen and oxygen atoms in total. The summed E-state index contributed by atoms with van der Waals surface area (Å²) >= 11 is 0. The Labute approximate surface area is 107 Å². The highest BCUT2D eigenvalue weighted by atomic mass is 16.6. The first-order valence-electron chi connectivity index (χ1n) is 5.69. The second-order valence-corrected chi connectivity index (χ2v) is 4.31. The number of nitrogen functional groups attached to an aromatic ring is 1. The van der Waals surface area contributed by atoms with Crippen molar-refractivity contribution >= 4 is 17.0 Å². The standard InChI is InChI=1S/C10H13N5O4/c11-8-5-9(13-2-12-8)14-3-15(5)10-7(18)6(17)4(1-16)19-10/h2-4,6-7,10,16-18H,1H2,(H2,11,12,13)/t4-,6-,7-,10+/m0/s1. The molecule has 19 heavy (non-hydrogen) atoms. The first-order chi connectivity index (χ1) is 9.13. The summed E-state index contributed by atoms with van der Waals surface area (Å²) in [5.74, 6) is 0.195. The summed E-state index contributed by atoms with van der Waals surface area (Å²) in [5.41, 5.74) is 6.54. The van der Waals surface area contributed by atoms with Gasteiger partial charge in [0.1, 0.15) is 36.5 Å². The van der Waals surface area contributed by atoms with Gasteiger partial charge in [0.25, 0.3) is 0 Å². The maximum Gasteiger partial charge on any atom is 0.183 e. The number of ether oxygens (including phenoxy) is 1. The van der Waals surface area contributed by atoms with Crippen molar-refractivity contribution in [2.24, 2.45) is 0 Å². The van der Waals surface area contributed by atoms with Gasteiger partial charge in [-0.25, -0.2) is 15.0 Å². The maximum atomic E-state index is 9.96. The first kappa shape index (κ1) is 12.2. The van der Waals surface area contributed by atoms with Gasteiger partial charge < -0.3 is 25.8 Å². The summed E-state index contributed by atoms with van der Waals surface area (Å²) < 4.78 is 6.86. The summed E-state index contributed by atoms with van der Waals surface area (Å²) in [5, 5.41) is 28.8. The molecule has 9 heteroatoms. The fraction of sp³-hybridized carbons (Fsp3) is 0.500. The predicted octanol–water partition coefficient (Wildman–Crippen LogP) is -1.98. The molecule has 1 saturated heterocycles. The van der Waals surface area contributed by atoms with E-state index in [0.29, 0.717) is 11.2 Å². The SMILES string of the molecule is Nc1ncnc2ncn([C@@H]3O[C@@H](CO)[C@H](O)[C@@H]3O)c12. The van der Waals surface area contributed by atoms with E-state index in [2.05, 4.69) is 15.0 Å². The maximum absolute atomic E-state index is 9.96. The number of aliphatic hydroxyl groups is 3. The zero-order valence-corrected chi connectivity index (χ0v) is 9.79. The van der Waals surface area contributed by atoms with Gasteiger partial charge in [0, 0.05) is 0 Å². The van der Waals surface area contributed by atoms with Crippen LogP contribution < -0.4 is 5.73 Å². The van der Waals surface area contributed by atoms with Gasteiger partial charge in [-0.05, 0) is 0 Å². The minimum atomic E-state index is -1.20. The molecule has 1 aliphatic heterocycles. The highest BCUT2D eigenvalue weighted by molar-refractivity contribution is 5.81. The van der Waals surface area contributed by atoms with E-state index in [1.165, 1.54) is 17.2 Å². The van der Waals surface area contributed by atoms with Crippen LogP contribution in [0.25, 0.3) is 11.2 Å². The molecule has 1 fully saturated rings. The van der Waals surface area contributed by atoms with Crippen molar-refractivity contribution in [3.05, 3.63) is 12.7 Å². The Morgan fingerprint density at radius 3 is 2.74 bits per heavy atom. The van der Waals surface area contributed by atoms with Crippen molar-refractivity contribution in [3.8, 4) is 0 Å². The fourth-order valence-corrected chi connectivity index (χ4v) is 2.20. The lowest BCUT2D eigenvalue weighted by Gasteiger charge is -2.17. The third-order valence-corrected chi connectivity index (χ3v) is 3.19. The summed E-state index contributed by atoms with van der Waals surface area (Å²) in [4.78, 5) is 11.8. The monoisotopic (exact) mass is 267 g/mol. The second-order valence-electron chi connectivity index (χ2n) is 4.31. The lowest BCUT2D eigenvalue weighted by atomic mass is 10.1. The van der Waals surface area contributed by atoms with Crippen LogP contribution in [0.5, 0.6) is 0 Å². The number of rotatable bonds is 2. The number of nitrogens with two attached hydrogens (primary N) is 1. The van der Waals surface area contributed by atoms with Gasteiger partial charge in [-0.3, -0.25) is 4.57 Å². The van der Waals surface area contributed by atoms with Gasteiger partial charge in [0.05, 0.1) is 6.61 Å². The Balaban J connectivity index is 2.06. The second kappa shape index (κ2) is 4.38. The Bertz CT molecular complexity index is 603. The molecular formula is C10H13N5O4. The van der Waals surface area contributed by atoms with Crippen molar-refractivity contribution < 1.29 is 20.1 Å². The molecule has 2 aromatic rings. The average Bonchev–Trinajstić information content (AvgIpc) is 2.94. The van der Waals surface area contributed by atoms with E-state index < -0.39 is 31.1 Å². The van der Waals surface area contributed by atoms with Gasteiger partial charge in [-0.1, -0.05) is 0 Å². The molecule has 4 atom stereocenters. The smallest absolute Gasteiger partial charge is 0.183 e. The molecule has 102 valence electrons. The van der Waals surface area contributed by atoms with Crippen LogP contribution in [0.4, 0.5) is 5.82 Å². The molecule has 0 saturated carbocycles. The molecule has 2 aromatic heterocycles. The average molecular weight is 267 g/mol. The highest BCUT2D eigenvalue weighted by Gasteiger charge is 2.43. The number of anilines is 1. The van der Waals surface area contributed by atoms with Crippen LogP contribution >= 0.6 is 0 Å². The van der Waals surface area contributed by atoms with Crippen LogP contribution in [0.2, 0.25) is 0 Å². The molecule has 0 radical (unpaired) electrons. The van der Waals surface area contributed by atoms with Crippen LogP contribution in [-0.4, -0.2) is 59.8 Å². The summed E-state index contributed by atoms with van der Waals surface area (Å²) in [6, 6.07) is 0. The van der Waals surface area contributed by atoms with Crippen LogP contribution in [0.1, 0.15) is 6.23 Å².